The minimum absolute atomic E-state index is 0.0377. The third-order valence-corrected chi connectivity index (χ3v) is 5.87. The summed E-state index contributed by atoms with van der Waals surface area (Å²) < 4.78 is 44.1. The molecule has 0 bridgehead atoms. The van der Waals surface area contributed by atoms with Gasteiger partial charge in [-0.2, -0.15) is 13.2 Å². The van der Waals surface area contributed by atoms with E-state index in [0.717, 1.165) is 29.2 Å². The lowest BCUT2D eigenvalue weighted by Gasteiger charge is -2.20. The van der Waals surface area contributed by atoms with Crippen LogP contribution >= 0.6 is 11.3 Å². The number of carbonyl (C=O) groups excluding carboxylic acids is 1. The molecule has 3 aromatic heterocycles. The molecule has 0 aliphatic rings. The molecule has 0 fully saturated rings. The summed E-state index contributed by atoms with van der Waals surface area (Å²) in [6.07, 6.45) is -0.630. The van der Waals surface area contributed by atoms with Gasteiger partial charge < -0.3 is 15.2 Å². The van der Waals surface area contributed by atoms with Crippen molar-refractivity contribution in [3.63, 3.8) is 0 Å². The third kappa shape index (κ3) is 5.78. The predicted molar refractivity (Wildman–Crippen MR) is 122 cm³/mol. The summed E-state index contributed by atoms with van der Waals surface area (Å²) >= 11 is 1.09. The molecule has 1 aromatic carbocycles. The first-order valence-electron chi connectivity index (χ1n) is 10.1. The molecule has 180 valence electrons. The molecule has 8 nitrogen and oxygen atoms in total. The molecule has 4 rings (SSSR count). The normalized spacial score (nSPS) is 13.2. The average molecular weight is 501 g/mol. The number of hydrogen-bond donors (Lipinski definition) is 2. The molecule has 3 heterocycles. The van der Waals surface area contributed by atoms with Crippen molar-refractivity contribution in [3.8, 4) is 10.4 Å². The molecule has 0 amide bonds. The number of nitrogens with zero attached hydrogens (tertiary/aromatic N) is 4. The van der Waals surface area contributed by atoms with Crippen LogP contribution in [-0.4, -0.2) is 31.0 Å². The number of pyridine rings is 1. The largest absolute Gasteiger partial charge is 0.433 e. The van der Waals surface area contributed by atoms with Gasteiger partial charge in [-0.3, -0.25) is 0 Å². The van der Waals surface area contributed by atoms with Crippen LogP contribution in [-0.2, 0) is 16.7 Å². The topological polar surface area (TPSA) is 110 Å². The number of thiazole rings is 1. The molecule has 1 atom stereocenters. The molecular weight excluding hydrogens is 483 g/mol. The maximum atomic E-state index is 13.0. The second-order valence-electron chi connectivity index (χ2n) is 7.59. The van der Waals surface area contributed by atoms with Crippen molar-refractivity contribution in [2.24, 2.45) is 0 Å². The molecule has 0 radical (unpaired) electrons. The van der Waals surface area contributed by atoms with E-state index in [9.17, 15) is 23.1 Å². The Labute approximate surface area is 201 Å². The van der Waals surface area contributed by atoms with Crippen LogP contribution in [0.5, 0.6) is 0 Å². The van der Waals surface area contributed by atoms with Gasteiger partial charge >= 0.3 is 12.1 Å². The number of nitrogens with one attached hydrogen (secondary N) is 1. The number of aryl methyl sites for hydroxylation is 1. The van der Waals surface area contributed by atoms with Crippen LogP contribution in [0.15, 0.2) is 61.1 Å². The maximum Gasteiger partial charge on any atom is 0.433 e. The highest BCUT2D eigenvalue weighted by Gasteiger charge is 2.33. The van der Waals surface area contributed by atoms with Crippen LogP contribution in [0.25, 0.3) is 10.4 Å². The lowest BCUT2D eigenvalue weighted by molar-refractivity contribution is -0.159. The van der Waals surface area contributed by atoms with Crippen molar-refractivity contribution >= 4 is 28.9 Å². The number of ether oxygens (including phenoxy) is 1. The maximum absolute atomic E-state index is 13.0. The van der Waals surface area contributed by atoms with Gasteiger partial charge in [0.15, 0.2) is 5.01 Å². The van der Waals surface area contributed by atoms with E-state index in [0.29, 0.717) is 16.1 Å². The van der Waals surface area contributed by atoms with Gasteiger partial charge in [-0.15, -0.1) is 11.3 Å². The van der Waals surface area contributed by atoms with Crippen molar-refractivity contribution in [3.05, 3.63) is 83.0 Å². The molecule has 2 N–H and O–H groups in total. The highest BCUT2D eigenvalue weighted by atomic mass is 32.1. The number of carbonyl (C=O) groups is 1. The fraction of sp³-hybridized carbons (Fsp3) is 0.174. The molecule has 35 heavy (non-hydrogen) atoms. The van der Waals surface area contributed by atoms with E-state index < -0.39 is 23.6 Å². The summed E-state index contributed by atoms with van der Waals surface area (Å²) in [6, 6.07) is 10.8. The van der Waals surface area contributed by atoms with Crippen molar-refractivity contribution in [2.75, 3.05) is 5.32 Å². The van der Waals surface area contributed by atoms with Gasteiger partial charge in [0.1, 0.15) is 11.4 Å². The van der Waals surface area contributed by atoms with E-state index in [1.807, 2.05) is 13.0 Å². The Morgan fingerprint density at radius 1 is 1.09 bits per heavy atom. The van der Waals surface area contributed by atoms with E-state index in [2.05, 4.69) is 25.3 Å². The third-order valence-electron chi connectivity index (χ3n) is 4.63. The summed E-state index contributed by atoms with van der Waals surface area (Å²) in [4.78, 5) is 28.4. The molecule has 0 aliphatic heterocycles. The van der Waals surface area contributed by atoms with Crippen LogP contribution in [0.3, 0.4) is 0 Å². The van der Waals surface area contributed by atoms with Crippen LogP contribution in [0.4, 0.5) is 24.8 Å². The number of halogens is 3. The summed E-state index contributed by atoms with van der Waals surface area (Å²) in [7, 11) is 0. The minimum atomic E-state index is -4.59. The van der Waals surface area contributed by atoms with Crippen LogP contribution in [0.1, 0.15) is 33.7 Å². The van der Waals surface area contributed by atoms with E-state index >= 15 is 0 Å². The second-order valence-corrected chi connectivity index (χ2v) is 8.62. The zero-order valence-electron chi connectivity index (χ0n) is 18.4. The Kier molecular flexibility index (Phi) is 6.50. The number of hydrogen-bond acceptors (Lipinski definition) is 9. The smallest absolute Gasteiger partial charge is 0.422 e. The van der Waals surface area contributed by atoms with Crippen LogP contribution < -0.4 is 5.32 Å². The van der Waals surface area contributed by atoms with Gasteiger partial charge in [0, 0.05) is 31.2 Å². The standard InChI is InChI=1S/C23H18F3N5O3S/c1-13-9-14(11-15(10-13)30-21-28-8-6-18(31-21)23(24,25)26)17-12-29-20(35-17)22(2,33)34-19(32)16-5-3-4-7-27-16/h3-12,33H,1-2H3,(H,28,30,31). The van der Waals surface area contributed by atoms with Gasteiger partial charge in [0.05, 0.1) is 4.88 Å². The predicted octanol–water partition coefficient (Wildman–Crippen LogP) is 5.09. The molecule has 0 spiro atoms. The number of anilines is 2. The number of esters is 1. The number of benzene rings is 1. The number of aromatic nitrogens is 4. The molecule has 0 saturated carbocycles. The monoisotopic (exact) mass is 501 g/mol. The minimum Gasteiger partial charge on any atom is -0.422 e. The van der Waals surface area contributed by atoms with Crippen molar-refractivity contribution in [1.82, 2.24) is 19.9 Å². The first-order valence-corrected chi connectivity index (χ1v) is 11.0. The number of rotatable bonds is 6. The Balaban J connectivity index is 1.56. The van der Waals surface area contributed by atoms with Crippen molar-refractivity contribution < 1.29 is 27.8 Å². The van der Waals surface area contributed by atoms with E-state index in [-0.39, 0.29) is 16.6 Å². The zero-order chi connectivity index (χ0) is 25.2. The van der Waals surface area contributed by atoms with E-state index in [1.54, 1.807) is 24.3 Å². The SMILES string of the molecule is Cc1cc(Nc2nccc(C(F)(F)F)n2)cc(-c2cnc(C(C)(O)OC(=O)c3ccccn3)s2)c1. The Bertz CT molecular complexity index is 1360. The molecule has 12 heteroatoms. The Morgan fingerprint density at radius 2 is 1.89 bits per heavy atom. The molecule has 0 saturated heterocycles. The summed E-state index contributed by atoms with van der Waals surface area (Å²) in [5.74, 6) is -3.02. The van der Waals surface area contributed by atoms with Gasteiger partial charge in [0.2, 0.25) is 5.95 Å². The number of alkyl halides is 3. The number of aliphatic hydroxyl groups is 1. The van der Waals surface area contributed by atoms with E-state index in [4.69, 9.17) is 4.74 Å². The first-order chi connectivity index (χ1) is 16.5. The summed E-state index contributed by atoms with van der Waals surface area (Å²) in [5, 5.41) is 13.6. The molecule has 0 aliphatic carbocycles. The van der Waals surface area contributed by atoms with Gasteiger partial charge in [-0.25, -0.2) is 24.7 Å². The van der Waals surface area contributed by atoms with Gasteiger partial charge in [-0.1, -0.05) is 12.1 Å². The van der Waals surface area contributed by atoms with Gasteiger partial charge in [0.25, 0.3) is 5.79 Å². The Morgan fingerprint density at radius 3 is 2.60 bits per heavy atom. The summed E-state index contributed by atoms with van der Waals surface area (Å²) in [6.45, 7) is 3.11. The van der Waals surface area contributed by atoms with Crippen LogP contribution in [0, 0.1) is 6.92 Å². The van der Waals surface area contributed by atoms with Crippen molar-refractivity contribution in [1.29, 1.82) is 0 Å². The average Bonchev–Trinajstić information content (AvgIpc) is 3.30. The van der Waals surface area contributed by atoms with E-state index in [1.165, 1.54) is 25.4 Å². The molecular formula is C23H18F3N5O3S. The lowest BCUT2D eigenvalue weighted by Crippen LogP contribution is -2.28. The zero-order valence-corrected chi connectivity index (χ0v) is 19.2. The molecule has 1 unspecified atom stereocenters. The quantitative estimate of drug-likeness (QED) is 0.278. The highest BCUT2D eigenvalue weighted by Crippen LogP contribution is 2.35. The fourth-order valence-electron chi connectivity index (χ4n) is 3.09. The van der Waals surface area contributed by atoms with Crippen molar-refractivity contribution in [2.45, 2.75) is 25.8 Å². The highest BCUT2D eigenvalue weighted by molar-refractivity contribution is 7.15. The second kappa shape index (κ2) is 9.39. The Hall–Kier alpha value is -3.90. The van der Waals surface area contributed by atoms with Crippen LogP contribution in [0.2, 0.25) is 0 Å². The summed E-state index contributed by atoms with van der Waals surface area (Å²) in [5.41, 5.74) is 0.922. The fourth-order valence-corrected chi connectivity index (χ4v) is 3.97. The van der Waals surface area contributed by atoms with Gasteiger partial charge in [-0.05, 0) is 48.4 Å². The first kappa shape index (κ1) is 24.2. The lowest BCUT2D eigenvalue weighted by atomic mass is 10.1. The molecule has 4 aromatic rings.